The smallest absolute Gasteiger partial charge is 0.00175 e. The molecule has 1 atom stereocenters. The molecule has 0 aliphatic carbocycles. The third kappa shape index (κ3) is 9.68. The maximum absolute atomic E-state index is 3.54. The second kappa shape index (κ2) is 12.9. The predicted molar refractivity (Wildman–Crippen MR) is 94.8 cm³/mol. The van der Waals surface area contributed by atoms with Gasteiger partial charge in [-0.3, -0.25) is 0 Å². The van der Waals surface area contributed by atoms with E-state index in [9.17, 15) is 0 Å². The van der Waals surface area contributed by atoms with Gasteiger partial charge in [0.1, 0.15) is 0 Å². The lowest BCUT2D eigenvalue weighted by molar-refractivity contribution is 0.423. The molecule has 0 aliphatic heterocycles. The number of hydrogen-bond acceptors (Lipinski definition) is 1. The Morgan fingerprint density at radius 1 is 0.857 bits per heavy atom. The fourth-order valence-electron chi connectivity index (χ4n) is 2.96. The Morgan fingerprint density at radius 2 is 1.52 bits per heavy atom. The molecule has 0 aromatic heterocycles. The van der Waals surface area contributed by atoms with Gasteiger partial charge >= 0.3 is 0 Å². The van der Waals surface area contributed by atoms with E-state index in [1.807, 2.05) is 0 Å². The predicted octanol–water partition coefficient (Wildman–Crippen LogP) is 5.60. The van der Waals surface area contributed by atoms with Crippen LogP contribution in [0.15, 0.2) is 30.3 Å². The molecule has 0 aliphatic rings. The number of rotatable bonds is 13. The fraction of sp³-hybridized carbons (Fsp3) is 0.700. The summed E-state index contributed by atoms with van der Waals surface area (Å²) < 4.78 is 0. The summed E-state index contributed by atoms with van der Waals surface area (Å²) in [4.78, 5) is 0. The van der Waals surface area contributed by atoms with Gasteiger partial charge in [0.2, 0.25) is 0 Å². The van der Waals surface area contributed by atoms with Gasteiger partial charge in [0.05, 0.1) is 0 Å². The molecule has 0 amide bonds. The minimum atomic E-state index is 0.794. The second-order valence-corrected chi connectivity index (χ2v) is 6.27. The molecule has 1 unspecified atom stereocenters. The highest BCUT2D eigenvalue weighted by molar-refractivity contribution is 5.15. The summed E-state index contributed by atoms with van der Waals surface area (Å²) >= 11 is 0. The van der Waals surface area contributed by atoms with E-state index in [0.29, 0.717) is 0 Å². The lowest BCUT2D eigenvalue weighted by atomic mass is 9.93. The third-order valence-corrected chi connectivity index (χ3v) is 4.27. The maximum atomic E-state index is 3.54. The van der Waals surface area contributed by atoms with Crippen LogP contribution in [-0.4, -0.2) is 13.1 Å². The van der Waals surface area contributed by atoms with Gasteiger partial charge in [-0.15, -0.1) is 0 Å². The molecular formula is C20H35N. The SMILES string of the molecule is CCCCCCCCCC(CNCC)Cc1ccccc1. The monoisotopic (exact) mass is 289 g/mol. The highest BCUT2D eigenvalue weighted by atomic mass is 14.8. The lowest BCUT2D eigenvalue weighted by Crippen LogP contribution is -2.24. The zero-order chi connectivity index (χ0) is 15.2. The van der Waals surface area contributed by atoms with E-state index < -0.39 is 0 Å². The summed E-state index contributed by atoms with van der Waals surface area (Å²) in [6, 6.07) is 11.0. The topological polar surface area (TPSA) is 12.0 Å². The summed E-state index contributed by atoms with van der Waals surface area (Å²) in [6.07, 6.45) is 12.5. The van der Waals surface area contributed by atoms with Crippen molar-refractivity contribution in [2.75, 3.05) is 13.1 Å². The van der Waals surface area contributed by atoms with Crippen LogP contribution in [0.4, 0.5) is 0 Å². The number of unbranched alkanes of at least 4 members (excludes halogenated alkanes) is 6. The minimum Gasteiger partial charge on any atom is -0.317 e. The summed E-state index contributed by atoms with van der Waals surface area (Å²) in [5.41, 5.74) is 1.49. The summed E-state index contributed by atoms with van der Waals surface area (Å²) in [6.45, 7) is 6.74. The molecule has 120 valence electrons. The molecule has 21 heavy (non-hydrogen) atoms. The van der Waals surface area contributed by atoms with Crippen molar-refractivity contribution in [3.8, 4) is 0 Å². The average Bonchev–Trinajstić information content (AvgIpc) is 2.52. The van der Waals surface area contributed by atoms with Crippen LogP contribution in [0, 0.1) is 5.92 Å². The molecule has 0 fully saturated rings. The molecule has 0 spiro atoms. The van der Waals surface area contributed by atoms with Gasteiger partial charge in [0.25, 0.3) is 0 Å². The molecule has 1 aromatic rings. The summed E-state index contributed by atoms with van der Waals surface area (Å²) in [5.74, 6) is 0.794. The quantitative estimate of drug-likeness (QED) is 0.466. The van der Waals surface area contributed by atoms with E-state index in [-0.39, 0.29) is 0 Å². The Labute approximate surface area is 132 Å². The highest BCUT2D eigenvalue weighted by Gasteiger charge is 2.09. The van der Waals surface area contributed by atoms with Crippen LogP contribution in [0.1, 0.15) is 70.8 Å². The molecule has 0 saturated heterocycles. The van der Waals surface area contributed by atoms with E-state index in [4.69, 9.17) is 0 Å². The normalized spacial score (nSPS) is 12.5. The molecule has 1 nitrogen and oxygen atoms in total. The number of nitrogens with one attached hydrogen (secondary N) is 1. The number of benzene rings is 1. The van der Waals surface area contributed by atoms with E-state index in [2.05, 4.69) is 49.5 Å². The highest BCUT2D eigenvalue weighted by Crippen LogP contribution is 2.17. The zero-order valence-corrected chi connectivity index (χ0v) is 14.2. The fourth-order valence-corrected chi connectivity index (χ4v) is 2.96. The van der Waals surface area contributed by atoms with Crippen molar-refractivity contribution in [3.05, 3.63) is 35.9 Å². The van der Waals surface area contributed by atoms with Crippen molar-refractivity contribution >= 4 is 0 Å². The Morgan fingerprint density at radius 3 is 2.19 bits per heavy atom. The first-order valence-electron chi connectivity index (χ1n) is 9.11. The minimum absolute atomic E-state index is 0.794. The molecular weight excluding hydrogens is 254 g/mol. The van der Waals surface area contributed by atoms with Gasteiger partial charge in [0, 0.05) is 0 Å². The molecule has 0 radical (unpaired) electrons. The van der Waals surface area contributed by atoms with Crippen molar-refractivity contribution in [2.45, 2.75) is 71.6 Å². The Bertz CT molecular complexity index is 320. The second-order valence-electron chi connectivity index (χ2n) is 6.27. The molecule has 0 bridgehead atoms. The van der Waals surface area contributed by atoms with Gasteiger partial charge in [-0.1, -0.05) is 89.1 Å². The number of hydrogen-bond donors (Lipinski definition) is 1. The third-order valence-electron chi connectivity index (χ3n) is 4.27. The van der Waals surface area contributed by atoms with E-state index in [1.165, 1.54) is 69.9 Å². The van der Waals surface area contributed by atoms with Crippen LogP contribution in [0.25, 0.3) is 0 Å². The Kier molecular flexibility index (Phi) is 11.2. The first-order chi connectivity index (χ1) is 10.4. The van der Waals surface area contributed by atoms with Crippen LogP contribution in [0.5, 0.6) is 0 Å². The summed E-state index contributed by atoms with van der Waals surface area (Å²) in [7, 11) is 0. The van der Waals surface area contributed by atoms with Crippen molar-refractivity contribution < 1.29 is 0 Å². The van der Waals surface area contributed by atoms with Crippen LogP contribution < -0.4 is 5.32 Å². The standard InChI is InChI=1S/C20H35N/c1-3-5-6-7-8-9-11-16-20(18-21-4-2)17-19-14-12-10-13-15-19/h10,12-15,20-21H,3-9,11,16-18H2,1-2H3. The summed E-state index contributed by atoms with van der Waals surface area (Å²) in [5, 5.41) is 3.54. The van der Waals surface area contributed by atoms with Crippen molar-refractivity contribution in [3.63, 3.8) is 0 Å². The lowest BCUT2D eigenvalue weighted by Gasteiger charge is -2.17. The Hall–Kier alpha value is -0.820. The zero-order valence-electron chi connectivity index (χ0n) is 14.2. The van der Waals surface area contributed by atoms with Gasteiger partial charge < -0.3 is 5.32 Å². The maximum Gasteiger partial charge on any atom is -0.00175 e. The molecule has 1 aromatic carbocycles. The van der Waals surface area contributed by atoms with Gasteiger partial charge in [-0.2, -0.15) is 0 Å². The first kappa shape index (κ1) is 18.2. The van der Waals surface area contributed by atoms with Gasteiger partial charge in [0.15, 0.2) is 0 Å². The van der Waals surface area contributed by atoms with Crippen LogP contribution in [0.3, 0.4) is 0 Å². The van der Waals surface area contributed by atoms with Gasteiger partial charge in [-0.05, 0) is 37.4 Å². The molecule has 1 heteroatoms. The van der Waals surface area contributed by atoms with Crippen LogP contribution in [0.2, 0.25) is 0 Å². The largest absolute Gasteiger partial charge is 0.317 e. The van der Waals surface area contributed by atoms with Crippen LogP contribution >= 0.6 is 0 Å². The molecule has 0 saturated carbocycles. The first-order valence-corrected chi connectivity index (χ1v) is 9.11. The van der Waals surface area contributed by atoms with Crippen molar-refractivity contribution in [2.24, 2.45) is 5.92 Å². The van der Waals surface area contributed by atoms with Crippen molar-refractivity contribution in [1.82, 2.24) is 5.32 Å². The molecule has 0 heterocycles. The molecule has 1 rings (SSSR count). The van der Waals surface area contributed by atoms with E-state index in [0.717, 1.165) is 12.5 Å². The van der Waals surface area contributed by atoms with Crippen molar-refractivity contribution in [1.29, 1.82) is 0 Å². The van der Waals surface area contributed by atoms with E-state index in [1.54, 1.807) is 0 Å². The Balaban J connectivity index is 2.20. The van der Waals surface area contributed by atoms with E-state index >= 15 is 0 Å². The molecule has 1 N–H and O–H groups in total. The average molecular weight is 290 g/mol. The van der Waals surface area contributed by atoms with Gasteiger partial charge in [-0.25, -0.2) is 0 Å². The van der Waals surface area contributed by atoms with Crippen LogP contribution in [-0.2, 0) is 6.42 Å².